The Morgan fingerprint density at radius 1 is 1.05 bits per heavy atom. The van der Waals surface area contributed by atoms with E-state index >= 15 is 0 Å². The van der Waals surface area contributed by atoms with E-state index in [1.807, 2.05) is 38.1 Å². The molecule has 0 aliphatic carbocycles. The van der Waals surface area contributed by atoms with Crippen LogP contribution < -0.4 is 10.9 Å². The first-order chi connectivity index (χ1) is 18.8. The molecule has 5 rings (SSSR count). The number of fused-ring (bicyclic) bond motifs is 1. The van der Waals surface area contributed by atoms with Crippen LogP contribution >= 0.6 is 34.3 Å². The van der Waals surface area contributed by atoms with Crippen LogP contribution in [0.15, 0.2) is 65.0 Å². The predicted octanol–water partition coefficient (Wildman–Crippen LogP) is 6.94. The second-order valence-corrected chi connectivity index (χ2v) is 11.4. The van der Waals surface area contributed by atoms with Gasteiger partial charge in [0.05, 0.1) is 18.3 Å². The smallest absolute Gasteiger partial charge is 0.341 e. The van der Waals surface area contributed by atoms with Crippen LogP contribution in [0.5, 0.6) is 0 Å². The van der Waals surface area contributed by atoms with Crippen LogP contribution in [-0.2, 0) is 16.1 Å². The standard InChI is InChI=1S/C29H24ClN3O4S2/c1-4-37-29(36)24-21(18-9-11-20(30)12-10-18)14-38-27(24)32-22(34)13-33-15-31-26-25(28(33)35)23(17(3)39-26)19-7-5-16(2)6-8-19/h5-12,14-15H,4,13H2,1-3H3,(H,32,34). The third-order valence-electron chi connectivity index (χ3n) is 6.19. The maximum atomic E-state index is 13.5. The molecule has 0 radical (unpaired) electrons. The zero-order valence-corrected chi connectivity index (χ0v) is 23.8. The van der Waals surface area contributed by atoms with Gasteiger partial charge in [0, 0.05) is 26.4 Å². The fraction of sp³-hybridized carbons (Fsp3) is 0.172. The van der Waals surface area contributed by atoms with Crippen molar-refractivity contribution >= 4 is 61.4 Å². The quantitative estimate of drug-likeness (QED) is 0.212. The average molecular weight is 578 g/mol. The maximum absolute atomic E-state index is 13.5. The van der Waals surface area contributed by atoms with Gasteiger partial charge in [0.15, 0.2) is 0 Å². The Bertz CT molecular complexity index is 1750. The van der Waals surface area contributed by atoms with Crippen LogP contribution in [0.1, 0.15) is 27.7 Å². The summed E-state index contributed by atoms with van der Waals surface area (Å²) in [4.78, 5) is 45.6. The summed E-state index contributed by atoms with van der Waals surface area (Å²) < 4.78 is 6.56. The molecule has 0 aliphatic rings. The largest absolute Gasteiger partial charge is 0.462 e. The normalized spacial score (nSPS) is 11.1. The van der Waals surface area contributed by atoms with E-state index in [0.717, 1.165) is 27.1 Å². The van der Waals surface area contributed by atoms with Crippen molar-refractivity contribution in [2.45, 2.75) is 27.3 Å². The van der Waals surface area contributed by atoms with E-state index in [-0.39, 0.29) is 24.3 Å². The van der Waals surface area contributed by atoms with Crippen molar-refractivity contribution in [1.29, 1.82) is 0 Å². The van der Waals surface area contributed by atoms with Gasteiger partial charge in [-0.15, -0.1) is 22.7 Å². The number of amides is 1. The van der Waals surface area contributed by atoms with Crippen LogP contribution in [0.4, 0.5) is 5.00 Å². The number of thiophene rings is 2. The Labute approximate surface area is 237 Å². The molecule has 0 saturated carbocycles. The monoisotopic (exact) mass is 577 g/mol. The number of rotatable bonds is 7. The molecule has 0 atom stereocenters. The van der Waals surface area contributed by atoms with Crippen LogP contribution in [0, 0.1) is 13.8 Å². The average Bonchev–Trinajstić information content (AvgIpc) is 3.48. The van der Waals surface area contributed by atoms with Gasteiger partial charge in [-0.1, -0.05) is 53.6 Å². The number of carbonyl (C=O) groups is 2. The fourth-order valence-corrected chi connectivity index (χ4v) is 6.44. The van der Waals surface area contributed by atoms with Crippen molar-refractivity contribution in [3.63, 3.8) is 0 Å². The molecule has 0 unspecified atom stereocenters. The van der Waals surface area contributed by atoms with Crippen molar-refractivity contribution in [3.8, 4) is 22.3 Å². The lowest BCUT2D eigenvalue weighted by Crippen LogP contribution is -2.28. The summed E-state index contributed by atoms with van der Waals surface area (Å²) in [6.07, 6.45) is 1.39. The summed E-state index contributed by atoms with van der Waals surface area (Å²) in [5, 5.41) is 5.99. The van der Waals surface area contributed by atoms with Crippen LogP contribution in [0.2, 0.25) is 5.02 Å². The molecule has 3 aromatic heterocycles. The second-order valence-electron chi connectivity index (χ2n) is 8.89. The Hall–Kier alpha value is -3.79. The highest BCUT2D eigenvalue weighted by atomic mass is 35.5. The molecule has 1 amide bonds. The highest BCUT2D eigenvalue weighted by Crippen LogP contribution is 2.37. The number of aryl methyl sites for hydroxylation is 2. The van der Waals surface area contributed by atoms with E-state index in [9.17, 15) is 14.4 Å². The van der Waals surface area contributed by atoms with Gasteiger partial charge in [-0.3, -0.25) is 14.2 Å². The van der Waals surface area contributed by atoms with E-state index < -0.39 is 11.9 Å². The molecule has 3 heterocycles. The number of benzene rings is 2. The minimum atomic E-state index is -0.546. The number of halogens is 1. The molecule has 198 valence electrons. The van der Waals surface area contributed by atoms with Crippen molar-refractivity contribution < 1.29 is 14.3 Å². The third-order valence-corrected chi connectivity index (χ3v) is 8.35. The SMILES string of the molecule is CCOC(=O)c1c(-c2ccc(Cl)cc2)csc1NC(=O)Cn1cnc2sc(C)c(-c3ccc(C)cc3)c2c1=O. The number of esters is 1. The minimum absolute atomic E-state index is 0.187. The first kappa shape index (κ1) is 26.8. The molecule has 0 bridgehead atoms. The Kier molecular flexibility index (Phi) is 7.65. The molecular formula is C29H24ClN3O4S2. The van der Waals surface area contributed by atoms with Crippen molar-refractivity contribution in [3.05, 3.63) is 91.6 Å². The van der Waals surface area contributed by atoms with Crippen LogP contribution in [-0.4, -0.2) is 28.0 Å². The summed E-state index contributed by atoms with van der Waals surface area (Å²) >= 11 is 8.69. The Morgan fingerprint density at radius 3 is 2.44 bits per heavy atom. The lowest BCUT2D eigenvalue weighted by molar-refractivity contribution is -0.116. The number of ether oxygens (including phenoxy) is 1. The van der Waals surface area contributed by atoms with Gasteiger partial charge in [0.2, 0.25) is 5.91 Å². The zero-order valence-electron chi connectivity index (χ0n) is 21.4. The van der Waals surface area contributed by atoms with Crippen LogP contribution in [0.3, 0.4) is 0 Å². The topological polar surface area (TPSA) is 90.3 Å². The summed E-state index contributed by atoms with van der Waals surface area (Å²) in [7, 11) is 0. The highest BCUT2D eigenvalue weighted by Gasteiger charge is 2.24. The minimum Gasteiger partial charge on any atom is -0.462 e. The first-order valence-corrected chi connectivity index (χ1v) is 14.2. The van der Waals surface area contributed by atoms with Crippen molar-refractivity contribution in [2.24, 2.45) is 0 Å². The van der Waals surface area contributed by atoms with E-state index in [0.29, 0.717) is 25.8 Å². The van der Waals surface area contributed by atoms with Crippen molar-refractivity contribution in [2.75, 3.05) is 11.9 Å². The number of hydrogen-bond donors (Lipinski definition) is 1. The molecule has 5 aromatic rings. The highest BCUT2D eigenvalue weighted by molar-refractivity contribution is 7.19. The molecule has 0 fully saturated rings. The Morgan fingerprint density at radius 2 is 1.74 bits per heavy atom. The van der Waals surface area contributed by atoms with E-state index in [2.05, 4.69) is 10.3 Å². The third kappa shape index (κ3) is 5.38. The fourth-order valence-electron chi connectivity index (χ4n) is 4.34. The van der Waals surface area contributed by atoms with Gasteiger partial charge in [0.1, 0.15) is 21.9 Å². The molecule has 0 aliphatic heterocycles. The van der Waals surface area contributed by atoms with Gasteiger partial charge >= 0.3 is 5.97 Å². The number of nitrogens with zero attached hydrogens (tertiary/aromatic N) is 2. The molecule has 2 aromatic carbocycles. The lowest BCUT2D eigenvalue weighted by atomic mass is 10.0. The predicted molar refractivity (Wildman–Crippen MR) is 158 cm³/mol. The van der Waals surface area contributed by atoms with Gasteiger partial charge in [0.25, 0.3) is 5.56 Å². The molecule has 1 N–H and O–H groups in total. The number of carbonyl (C=O) groups excluding carboxylic acids is 2. The molecule has 10 heteroatoms. The molecular weight excluding hydrogens is 554 g/mol. The number of anilines is 1. The summed E-state index contributed by atoms with van der Waals surface area (Å²) in [6, 6.07) is 15.0. The molecule has 7 nitrogen and oxygen atoms in total. The summed E-state index contributed by atoms with van der Waals surface area (Å²) in [6.45, 7) is 5.61. The summed E-state index contributed by atoms with van der Waals surface area (Å²) in [5.41, 5.74) is 4.24. The lowest BCUT2D eigenvalue weighted by Gasteiger charge is -2.10. The molecule has 0 saturated heterocycles. The first-order valence-electron chi connectivity index (χ1n) is 12.2. The van der Waals surface area contributed by atoms with Gasteiger partial charge in [-0.05, 0) is 44.0 Å². The molecule has 39 heavy (non-hydrogen) atoms. The second kappa shape index (κ2) is 11.1. The zero-order chi connectivity index (χ0) is 27.7. The van der Waals surface area contributed by atoms with Gasteiger partial charge in [-0.2, -0.15) is 0 Å². The van der Waals surface area contributed by atoms with E-state index in [1.165, 1.54) is 33.6 Å². The number of aromatic nitrogens is 2. The Balaban J connectivity index is 1.47. The maximum Gasteiger partial charge on any atom is 0.341 e. The molecule has 0 spiro atoms. The summed E-state index contributed by atoms with van der Waals surface area (Å²) in [5.74, 6) is -1.01. The van der Waals surface area contributed by atoms with E-state index in [4.69, 9.17) is 16.3 Å². The number of nitrogens with one attached hydrogen (secondary N) is 1. The van der Waals surface area contributed by atoms with Crippen LogP contribution in [0.25, 0.3) is 32.5 Å². The van der Waals surface area contributed by atoms with E-state index in [1.54, 1.807) is 36.6 Å². The van der Waals surface area contributed by atoms with Gasteiger partial charge < -0.3 is 10.1 Å². The van der Waals surface area contributed by atoms with Gasteiger partial charge in [-0.25, -0.2) is 9.78 Å². The number of hydrogen-bond acceptors (Lipinski definition) is 7. The van der Waals surface area contributed by atoms with Crippen molar-refractivity contribution in [1.82, 2.24) is 9.55 Å².